The lowest BCUT2D eigenvalue weighted by Gasteiger charge is -2.08. The van der Waals surface area contributed by atoms with Gasteiger partial charge in [0.15, 0.2) is 5.16 Å². The fraction of sp³-hybridized carbons (Fsp3) is 0.467. The van der Waals surface area contributed by atoms with Crippen LogP contribution in [0.1, 0.15) is 31.5 Å². The van der Waals surface area contributed by atoms with Crippen LogP contribution in [0.4, 0.5) is 0 Å². The molecule has 0 amide bonds. The van der Waals surface area contributed by atoms with Crippen molar-refractivity contribution in [3.8, 4) is 5.75 Å². The van der Waals surface area contributed by atoms with Gasteiger partial charge in [-0.3, -0.25) is 0 Å². The van der Waals surface area contributed by atoms with Crippen molar-refractivity contribution < 1.29 is 12.6 Å². The summed E-state index contributed by atoms with van der Waals surface area (Å²) in [5.41, 5.74) is 0. The predicted octanol–water partition coefficient (Wildman–Crippen LogP) is 2.68. The Balaban J connectivity index is 1.56. The van der Waals surface area contributed by atoms with Crippen LogP contribution >= 0.6 is 11.8 Å². The van der Waals surface area contributed by atoms with Crippen LogP contribution < -0.4 is 4.18 Å². The maximum atomic E-state index is 12.0. The van der Waals surface area contributed by atoms with Crippen LogP contribution in [0.25, 0.3) is 0 Å². The lowest BCUT2D eigenvalue weighted by atomic mass is 10.3. The smallest absolute Gasteiger partial charge is 0.310 e. The molecule has 0 unspecified atom stereocenters. The average Bonchev–Trinajstić information content (AvgIpc) is 3.29. The highest BCUT2D eigenvalue weighted by Gasteiger charge is 2.30. The molecule has 0 radical (unpaired) electrons. The summed E-state index contributed by atoms with van der Waals surface area (Å²) < 4.78 is 31.1. The Labute approximate surface area is 140 Å². The summed E-state index contributed by atoms with van der Waals surface area (Å²) in [6.07, 6.45) is 2.34. The molecule has 1 aromatic carbocycles. The zero-order valence-corrected chi connectivity index (χ0v) is 14.5. The molecule has 0 saturated heterocycles. The highest BCUT2D eigenvalue weighted by Crippen LogP contribution is 2.39. The lowest BCUT2D eigenvalue weighted by molar-refractivity contribution is 0.488. The molecule has 0 spiro atoms. The molecule has 1 aliphatic rings. The molecule has 8 heteroatoms. The Bertz CT molecular complexity index is 756. The van der Waals surface area contributed by atoms with E-state index in [9.17, 15) is 8.42 Å². The van der Waals surface area contributed by atoms with Gasteiger partial charge in [0.25, 0.3) is 0 Å². The lowest BCUT2D eigenvalue weighted by Crippen LogP contribution is -2.15. The Morgan fingerprint density at radius 2 is 2.00 bits per heavy atom. The minimum atomic E-state index is -3.60. The third kappa shape index (κ3) is 4.26. The first-order valence-corrected chi connectivity index (χ1v) is 10.2. The van der Waals surface area contributed by atoms with E-state index in [0.717, 1.165) is 17.5 Å². The zero-order valence-electron chi connectivity index (χ0n) is 12.9. The van der Waals surface area contributed by atoms with Gasteiger partial charge in [0, 0.05) is 18.2 Å². The first-order chi connectivity index (χ1) is 11.1. The highest BCUT2D eigenvalue weighted by atomic mass is 32.2. The van der Waals surface area contributed by atoms with E-state index in [4.69, 9.17) is 4.18 Å². The van der Waals surface area contributed by atoms with Gasteiger partial charge in [-0.15, -0.1) is 10.2 Å². The second-order valence-electron chi connectivity index (χ2n) is 5.37. The number of aromatic nitrogens is 3. The second-order valence-corrected chi connectivity index (χ2v) is 8.12. The highest BCUT2D eigenvalue weighted by molar-refractivity contribution is 8.00. The summed E-state index contributed by atoms with van der Waals surface area (Å²) >= 11 is 1.41. The van der Waals surface area contributed by atoms with E-state index in [1.54, 1.807) is 24.3 Å². The van der Waals surface area contributed by atoms with Crippen LogP contribution in [0.3, 0.4) is 0 Å². The Morgan fingerprint density at radius 3 is 2.65 bits per heavy atom. The fourth-order valence-corrected chi connectivity index (χ4v) is 4.54. The molecule has 1 saturated carbocycles. The molecule has 0 bridgehead atoms. The number of hydrogen-bond acceptors (Lipinski definition) is 6. The van der Waals surface area contributed by atoms with Crippen molar-refractivity contribution in [2.75, 3.05) is 11.5 Å². The molecule has 6 nitrogen and oxygen atoms in total. The zero-order chi connectivity index (χ0) is 16.3. The number of benzene rings is 1. The van der Waals surface area contributed by atoms with Crippen LogP contribution in [0.15, 0.2) is 35.5 Å². The van der Waals surface area contributed by atoms with Crippen molar-refractivity contribution in [2.24, 2.45) is 0 Å². The number of rotatable bonds is 8. The topological polar surface area (TPSA) is 74.1 Å². The van der Waals surface area contributed by atoms with E-state index in [-0.39, 0.29) is 5.75 Å². The van der Waals surface area contributed by atoms with Gasteiger partial charge < -0.3 is 8.75 Å². The molecule has 0 aliphatic heterocycles. The molecule has 3 rings (SSSR count). The molecule has 1 aliphatic carbocycles. The second kappa shape index (κ2) is 6.92. The van der Waals surface area contributed by atoms with E-state index in [1.807, 2.05) is 6.07 Å². The summed E-state index contributed by atoms with van der Waals surface area (Å²) in [6, 6.07) is 8.54. The van der Waals surface area contributed by atoms with Crippen molar-refractivity contribution in [1.82, 2.24) is 14.8 Å². The summed E-state index contributed by atoms with van der Waals surface area (Å²) in [4.78, 5) is 0. The third-order valence-corrected chi connectivity index (χ3v) is 5.91. The minimum Gasteiger partial charge on any atom is -0.382 e. The quantitative estimate of drug-likeness (QED) is 0.536. The first kappa shape index (κ1) is 16.3. The van der Waals surface area contributed by atoms with Gasteiger partial charge in [0.2, 0.25) is 0 Å². The van der Waals surface area contributed by atoms with Crippen LogP contribution in [0, 0.1) is 0 Å². The normalized spacial score (nSPS) is 14.8. The first-order valence-electron chi connectivity index (χ1n) is 7.62. The van der Waals surface area contributed by atoms with E-state index in [2.05, 4.69) is 21.7 Å². The van der Waals surface area contributed by atoms with Crippen molar-refractivity contribution in [3.63, 3.8) is 0 Å². The number of thioether (sulfide) groups is 1. The van der Waals surface area contributed by atoms with Crippen LogP contribution in [0.5, 0.6) is 5.75 Å². The number of hydrogen-bond donors (Lipinski definition) is 0. The van der Waals surface area contributed by atoms with Crippen molar-refractivity contribution in [3.05, 3.63) is 36.2 Å². The van der Waals surface area contributed by atoms with Crippen LogP contribution in [0.2, 0.25) is 0 Å². The van der Waals surface area contributed by atoms with Crippen LogP contribution in [-0.4, -0.2) is 34.7 Å². The largest absolute Gasteiger partial charge is 0.382 e. The fourth-order valence-electron chi connectivity index (χ4n) is 2.25. The van der Waals surface area contributed by atoms with E-state index in [0.29, 0.717) is 17.4 Å². The van der Waals surface area contributed by atoms with Crippen molar-refractivity contribution >= 4 is 21.9 Å². The van der Waals surface area contributed by atoms with Crippen molar-refractivity contribution in [2.45, 2.75) is 37.4 Å². The monoisotopic (exact) mass is 353 g/mol. The average molecular weight is 353 g/mol. The summed E-state index contributed by atoms with van der Waals surface area (Å²) in [6.45, 7) is 2.85. The molecular formula is C15H19N3O3S2. The summed E-state index contributed by atoms with van der Waals surface area (Å²) in [5, 5.41) is 9.22. The molecule has 0 atom stereocenters. The van der Waals surface area contributed by atoms with Crippen molar-refractivity contribution in [1.29, 1.82) is 0 Å². The molecule has 124 valence electrons. The molecular weight excluding hydrogens is 334 g/mol. The number of para-hydroxylation sites is 1. The predicted molar refractivity (Wildman–Crippen MR) is 89.3 cm³/mol. The molecule has 1 fully saturated rings. The van der Waals surface area contributed by atoms with Gasteiger partial charge >= 0.3 is 10.1 Å². The van der Waals surface area contributed by atoms with Gasteiger partial charge in [-0.1, -0.05) is 30.0 Å². The summed E-state index contributed by atoms with van der Waals surface area (Å²) in [7, 11) is -3.60. The van der Waals surface area contributed by atoms with E-state index < -0.39 is 10.1 Å². The molecule has 1 heterocycles. The molecule has 23 heavy (non-hydrogen) atoms. The van der Waals surface area contributed by atoms with Gasteiger partial charge in [-0.25, -0.2) is 0 Å². The third-order valence-electron chi connectivity index (χ3n) is 3.54. The van der Waals surface area contributed by atoms with E-state index in [1.165, 1.54) is 24.6 Å². The Hall–Kier alpha value is -1.54. The minimum absolute atomic E-state index is 0.0676. The Kier molecular flexibility index (Phi) is 4.91. The van der Waals surface area contributed by atoms with E-state index >= 15 is 0 Å². The SMILES string of the molecule is CCn1c(SCCS(=O)(=O)Oc2ccccc2)nnc1C1CC1. The molecule has 2 aromatic rings. The number of nitrogens with zero attached hydrogens (tertiary/aromatic N) is 3. The van der Waals surface area contributed by atoms with Gasteiger partial charge in [-0.2, -0.15) is 8.42 Å². The van der Waals surface area contributed by atoms with Gasteiger partial charge in [0.05, 0.1) is 5.75 Å². The Morgan fingerprint density at radius 1 is 1.26 bits per heavy atom. The van der Waals surface area contributed by atoms with Crippen LogP contribution in [-0.2, 0) is 16.7 Å². The molecule has 1 aromatic heterocycles. The molecule has 0 N–H and O–H groups in total. The van der Waals surface area contributed by atoms with Gasteiger partial charge in [0.1, 0.15) is 11.6 Å². The maximum Gasteiger partial charge on any atom is 0.310 e. The standard InChI is InChI=1S/C15H19N3O3S2/c1-2-18-14(12-8-9-12)16-17-15(18)22-10-11-23(19,20)21-13-6-4-3-5-7-13/h3-7,12H,2,8-11H2,1H3. The maximum absolute atomic E-state index is 12.0. The van der Waals surface area contributed by atoms with Gasteiger partial charge in [-0.05, 0) is 31.9 Å². The summed E-state index contributed by atoms with van der Waals surface area (Å²) in [5.74, 6) is 2.21.